The number of carbonyl (C=O) groups is 1. The molecule has 5 rings (SSSR count). The number of hydrogen-bond acceptors (Lipinski definition) is 5. The van der Waals surface area contributed by atoms with E-state index in [1.165, 1.54) is 0 Å². The molecule has 5 fully saturated rings. The van der Waals surface area contributed by atoms with Crippen molar-refractivity contribution in [2.75, 3.05) is 0 Å². The van der Waals surface area contributed by atoms with Crippen LogP contribution in [0.15, 0.2) is 0 Å². The maximum Gasteiger partial charge on any atom is 0.175 e. The van der Waals surface area contributed by atoms with Crippen LogP contribution in [0.3, 0.4) is 0 Å². The SMILES string of the molecule is C[C@@]12O[C@H]3O[C@H]4O[C@@](C)(O1)[C@@H]1[C@H]4C(C=O)[C@H]3[C@H]12. The molecule has 1 saturated carbocycles. The molecule has 0 amide bonds. The molecule has 1 aliphatic carbocycles. The highest BCUT2D eigenvalue weighted by atomic mass is 16.9. The van der Waals surface area contributed by atoms with E-state index >= 15 is 0 Å². The summed E-state index contributed by atoms with van der Waals surface area (Å²) in [6.07, 6.45) is 0.396. The zero-order valence-electron chi connectivity index (χ0n) is 9.66. The van der Waals surface area contributed by atoms with Crippen molar-refractivity contribution in [3.8, 4) is 0 Å². The van der Waals surface area contributed by atoms with Crippen molar-refractivity contribution in [3.05, 3.63) is 0 Å². The van der Waals surface area contributed by atoms with Crippen molar-refractivity contribution in [1.29, 1.82) is 0 Å². The van der Waals surface area contributed by atoms with Crippen LogP contribution < -0.4 is 0 Å². The third kappa shape index (κ3) is 0.748. The van der Waals surface area contributed by atoms with Gasteiger partial charge in [-0.25, -0.2) is 0 Å². The fraction of sp³-hybridized carbons (Fsp3) is 0.917. The number of rotatable bonds is 1. The van der Waals surface area contributed by atoms with Gasteiger partial charge in [-0.2, -0.15) is 0 Å². The lowest BCUT2D eigenvalue weighted by Crippen LogP contribution is -2.45. The van der Waals surface area contributed by atoms with E-state index in [4.69, 9.17) is 18.9 Å². The van der Waals surface area contributed by atoms with Crippen LogP contribution in [-0.4, -0.2) is 30.4 Å². The molecule has 0 aromatic rings. The zero-order valence-corrected chi connectivity index (χ0v) is 9.66. The van der Waals surface area contributed by atoms with Gasteiger partial charge in [0.25, 0.3) is 0 Å². The Morgan fingerprint density at radius 3 is 2.00 bits per heavy atom. The largest absolute Gasteiger partial charge is 0.323 e. The summed E-state index contributed by atoms with van der Waals surface area (Å²) >= 11 is 0. The van der Waals surface area contributed by atoms with E-state index in [-0.39, 0.29) is 42.2 Å². The highest BCUT2D eigenvalue weighted by molar-refractivity contribution is 5.57. The van der Waals surface area contributed by atoms with Gasteiger partial charge in [-0.05, 0) is 13.8 Å². The van der Waals surface area contributed by atoms with Crippen LogP contribution in [0.5, 0.6) is 0 Å². The number of hydrogen-bond donors (Lipinski definition) is 0. The van der Waals surface area contributed by atoms with Gasteiger partial charge in [0.1, 0.15) is 6.29 Å². The average molecular weight is 238 g/mol. The van der Waals surface area contributed by atoms with Crippen LogP contribution in [0.25, 0.3) is 0 Å². The van der Waals surface area contributed by atoms with Gasteiger partial charge in [-0.1, -0.05) is 0 Å². The molecule has 0 N–H and O–H groups in total. The van der Waals surface area contributed by atoms with Crippen LogP contribution >= 0.6 is 0 Å². The molecule has 0 spiro atoms. The lowest BCUT2D eigenvalue weighted by molar-refractivity contribution is -0.405. The minimum absolute atomic E-state index is 0.00120. The van der Waals surface area contributed by atoms with Crippen molar-refractivity contribution >= 4 is 6.29 Å². The van der Waals surface area contributed by atoms with E-state index in [1.54, 1.807) is 0 Å². The molecule has 0 aromatic carbocycles. The van der Waals surface area contributed by atoms with E-state index in [1.807, 2.05) is 13.8 Å². The Morgan fingerprint density at radius 1 is 1.00 bits per heavy atom. The first kappa shape index (κ1) is 9.44. The van der Waals surface area contributed by atoms with Gasteiger partial charge in [0.2, 0.25) is 0 Å². The van der Waals surface area contributed by atoms with Crippen LogP contribution in [-0.2, 0) is 23.7 Å². The first-order chi connectivity index (χ1) is 8.07. The quantitative estimate of drug-likeness (QED) is 0.622. The van der Waals surface area contributed by atoms with Crippen molar-refractivity contribution in [3.63, 3.8) is 0 Å². The van der Waals surface area contributed by atoms with Crippen LogP contribution in [0.2, 0.25) is 0 Å². The predicted molar refractivity (Wildman–Crippen MR) is 52.2 cm³/mol. The van der Waals surface area contributed by atoms with Crippen molar-refractivity contribution < 1.29 is 23.7 Å². The highest BCUT2D eigenvalue weighted by Crippen LogP contribution is 2.73. The summed E-state index contributed by atoms with van der Waals surface area (Å²) in [7, 11) is 0. The number of aldehydes is 1. The molecular weight excluding hydrogens is 224 g/mol. The first-order valence-electron chi connectivity index (χ1n) is 6.24. The summed E-state index contributed by atoms with van der Waals surface area (Å²) in [6, 6.07) is 0. The monoisotopic (exact) mass is 238 g/mol. The molecule has 0 aromatic heterocycles. The van der Waals surface area contributed by atoms with Gasteiger partial charge in [0, 0.05) is 29.6 Å². The van der Waals surface area contributed by atoms with Crippen molar-refractivity contribution in [1.82, 2.24) is 0 Å². The summed E-state index contributed by atoms with van der Waals surface area (Å²) in [4.78, 5) is 11.4. The lowest BCUT2D eigenvalue weighted by atomic mass is 9.83. The zero-order chi connectivity index (χ0) is 11.6. The fourth-order valence-corrected chi connectivity index (χ4v) is 5.18. The average Bonchev–Trinajstić information content (AvgIpc) is 2.81. The summed E-state index contributed by atoms with van der Waals surface area (Å²) in [5.74, 6) is -0.535. The van der Waals surface area contributed by atoms with Crippen LogP contribution in [0, 0.1) is 29.6 Å². The summed E-state index contributed by atoms with van der Waals surface area (Å²) in [6.45, 7) is 3.90. The van der Waals surface area contributed by atoms with Gasteiger partial charge in [0.05, 0.1) is 0 Å². The van der Waals surface area contributed by atoms with E-state index in [0.29, 0.717) is 0 Å². The molecule has 2 bridgehead atoms. The summed E-state index contributed by atoms with van der Waals surface area (Å²) < 4.78 is 23.7. The molecule has 4 saturated heterocycles. The normalized spacial score (nSPS) is 73.6. The fourth-order valence-electron chi connectivity index (χ4n) is 5.18. The highest BCUT2D eigenvalue weighted by Gasteiger charge is 2.82. The van der Waals surface area contributed by atoms with Crippen LogP contribution in [0.4, 0.5) is 0 Å². The molecule has 9 atom stereocenters. The minimum Gasteiger partial charge on any atom is -0.323 e. The van der Waals surface area contributed by atoms with E-state index in [2.05, 4.69) is 0 Å². The van der Waals surface area contributed by atoms with Gasteiger partial charge in [-0.3, -0.25) is 0 Å². The lowest BCUT2D eigenvalue weighted by Gasteiger charge is -2.37. The maximum atomic E-state index is 11.4. The van der Waals surface area contributed by atoms with E-state index < -0.39 is 11.6 Å². The number of ether oxygens (including phenoxy) is 4. The van der Waals surface area contributed by atoms with Gasteiger partial charge < -0.3 is 23.7 Å². The molecule has 5 nitrogen and oxygen atoms in total. The van der Waals surface area contributed by atoms with Crippen molar-refractivity contribution in [2.45, 2.75) is 38.0 Å². The Balaban J connectivity index is 1.78. The second-order valence-corrected chi connectivity index (χ2v) is 6.16. The minimum atomic E-state index is -0.643. The molecule has 5 aliphatic rings. The molecule has 1 unspecified atom stereocenters. The number of carbonyl (C=O) groups excluding carboxylic acids is 1. The summed E-state index contributed by atoms with van der Waals surface area (Å²) in [5, 5.41) is 0. The van der Waals surface area contributed by atoms with Crippen LogP contribution in [0.1, 0.15) is 13.8 Å². The standard InChI is InChI=1S/C12H14O5/c1-11-7-5-4(3-13)6-8(7)12(2,17-11)16-10(6)14-9(5)15-11/h3-10H,1-2H3/t4?,5-,6+,7-,8-,9+,10-,11+,12-/m1/s1. The molecule has 17 heavy (non-hydrogen) atoms. The molecule has 0 radical (unpaired) electrons. The maximum absolute atomic E-state index is 11.4. The molecule has 5 heteroatoms. The van der Waals surface area contributed by atoms with Crippen molar-refractivity contribution in [2.24, 2.45) is 29.6 Å². The van der Waals surface area contributed by atoms with E-state index in [0.717, 1.165) is 6.29 Å². The Labute approximate surface area is 98.3 Å². The molecular formula is C12H14O5. The summed E-state index contributed by atoms with van der Waals surface area (Å²) in [5.41, 5.74) is 0. The Morgan fingerprint density at radius 2 is 1.53 bits per heavy atom. The topological polar surface area (TPSA) is 54.0 Å². The molecule has 92 valence electrons. The Bertz CT molecular complexity index is 405. The van der Waals surface area contributed by atoms with Gasteiger partial charge in [-0.15, -0.1) is 0 Å². The first-order valence-corrected chi connectivity index (χ1v) is 6.24. The third-order valence-corrected chi connectivity index (χ3v) is 5.48. The van der Waals surface area contributed by atoms with Gasteiger partial charge in [0.15, 0.2) is 24.2 Å². The smallest absolute Gasteiger partial charge is 0.175 e. The molecule has 4 aliphatic heterocycles. The van der Waals surface area contributed by atoms with Gasteiger partial charge >= 0.3 is 0 Å². The second-order valence-electron chi connectivity index (χ2n) is 6.16. The predicted octanol–water partition coefficient (Wildman–Crippen LogP) is 0.485. The molecule has 4 heterocycles. The third-order valence-electron chi connectivity index (χ3n) is 5.48. The van der Waals surface area contributed by atoms with E-state index in [9.17, 15) is 4.79 Å². The Kier molecular flexibility index (Phi) is 1.29. The second kappa shape index (κ2) is 2.32. The Hall–Kier alpha value is -0.490.